The Morgan fingerprint density at radius 2 is 1.70 bits per heavy atom. The summed E-state index contributed by atoms with van der Waals surface area (Å²) in [6.07, 6.45) is 8.59. The molecule has 2 aliphatic carbocycles. The van der Waals surface area contributed by atoms with Gasteiger partial charge in [-0.05, 0) is 70.4 Å². The molecule has 44 heavy (non-hydrogen) atoms. The van der Waals surface area contributed by atoms with E-state index in [2.05, 4.69) is 15.2 Å². The second-order valence-corrected chi connectivity index (χ2v) is 12.8. The average molecular weight is 631 g/mol. The maximum Gasteiger partial charge on any atom is 0.354 e. The Morgan fingerprint density at radius 3 is 2.30 bits per heavy atom. The van der Waals surface area contributed by atoms with E-state index >= 15 is 0 Å². The summed E-state index contributed by atoms with van der Waals surface area (Å²) < 4.78 is 7.22. The van der Waals surface area contributed by atoms with E-state index in [0.29, 0.717) is 44.0 Å². The SMILES string of the molecule is COc1cc(-n2ccc(NC(=O)N3CCN(C(=O)C(C)(C)N)CC3)nc2=O)ccc1CN(CC1CC1)C1CCC(N)CC1.Cl. The molecule has 1 aliphatic heterocycles. The van der Waals surface area contributed by atoms with Gasteiger partial charge in [-0.3, -0.25) is 19.6 Å². The van der Waals surface area contributed by atoms with Crippen LogP contribution in [0.15, 0.2) is 35.3 Å². The summed E-state index contributed by atoms with van der Waals surface area (Å²) in [5.74, 6) is 1.53. The number of nitrogens with one attached hydrogen (secondary N) is 1. The molecular weight excluding hydrogens is 584 g/mol. The third kappa shape index (κ3) is 8.29. The minimum atomic E-state index is -0.955. The van der Waals surface area contributed by atoms with Crippen LogP contribution in [-0.2, 0) is 11.3 Å². The van der Waals surface area contributed by atoms with E-state index in [1.807, 2.05) is 18.2 Å². The van der Waals surface area contributed by atoms with Gasteiger partial charge in [0.15, 0.2) is 0 Å². The smallest absolute Gasteiger partial charge is 0.354 e. The zero-order valence-electron chi connectivity index (χ0n) is 26.0. The maximum absolute atomic E-state index is 13.0. The first-order valence-corrected chi connectivity index (χ1v) is 15.4. The topological polar surface area (TPSA) is 152 Å². The largest absolute Gasteiger partial charge is 0.496 e. The molecule has 5 N–H and O–H groups in total. The van der Waals surface area contributed by atoms with Gasteiger partial charge in [-0.1, -0.05) is 6.07 Å². The molecule has 1 aromatic carbocycles. The van der Waals surface area contributed by atoms with Crippen LogP contribution in [0.3, 0.4) is 0 Å². The molecule has 13 heteroatoms. The molecule has 0 bridgehead atoms. The van der Waals surface area contributed by atoms with Gasteiger partial charge in [0, 0.05) is 69.2 Å². The molecule has 0 atom stereocenters. The van der Waals surface area contributed by atoms with Gasteiger partial charge in [-0.15, -0.1) is 12.4 Å². The number of nitrogens with two attached hydrogens (primary N) is 2. The number of piperazine rings is 1. The third-order valence-corrected chi connectivity index (χ3v) is 8.81. The highest BCUT2D eigenvalue weighted by Crippen LogP contribution is 2.34. The van der Waals surface area contributed by atoms with Gasteiger partial charge in [-0.25, -0.2) is 9.59 Å². The van der Waals surface area contributed by atoms with Crippen LogP contribution in [0.1, 0.15) is 57.9 Å². The standard InChI is InChI=1S/C31H46N8O4.ClH/c1-31(2,33)28(40)36-14-16-37(17-15-36)29(41)34-27-12-13-39(30(42)35-27)25-9-6-22(26(18-25)43-3)20-38(19-21-4-5-21)24-10-7-23(32)8-11-24;/h6,9,12-13,18,21,23-24H,4-5,7-8,10-11,14-17,19-20,32-33H2,1-3H3,(H,34,35,41,42);1H. The summed E-state index contributed by atoms with van der Waals surface area (Å²) in [6.45, 7) is 6.76. The van der Waals surface area contributed by atoms with Crippen molar-refractivity contribution in [2.24, 2.45) is 17.4 Å². The lowest BCUT2D eigenvalue weighted by atomic mass is 9.90. The molecular formula is C31H47ClN8O4. The molecule has 0 spiro atoms. The van der Waals surface area contributed by atoms with Crippen LogP contribution in [0, 0.1) is 5.92 Å². The van der Waals surface area contributed by atoms with E-state index in [9.17, 15) is 14.4 Å². The highest BCUT2D eigenvalue weighted by atomic mass is 35.5. The fourth-order valence-electron chi connectivity index (χ4n) is 6.05. The molecule has 242 valence electrons. The number of carbonyl (C=O) groups is 2. The Labute approximate surface area is 265 Å². The fourth-order valence-corrected chi connectivity index (χ4v) is 6.05. The molecule has 1 saturated heterocycles. The zero-order valence-corrected chi connectivity index (χ0v) is 26.9. The summed E-state index contributed by atoms with van der Waals surface area (Å²) in [5, 5.41) is 2.71. The van der Waals surface area contributed by atoms with Crippen molar-refractivity contribution in [1.82, 2.24) is 24.3 Å². The van der Waals surface area contributed by atoms with Crippen molar-refractivity contribution in [3.05, 3.63) is 46.5 Å². The van der Waals surface area contributed by atoms with Gasteiger partial charge in [0.1, 0.15) is 11.6 Å². The zero-order chi connectivity index (χ0) is 30.7. The van der Waals surface area contributed by atoms with Crippen LogP contribution in [0.4, 0.5) is 10.6 Å². The van der Waals surface area contributed by atoms with Crippen molar-refractivity contribution < 1.29 is 14.3 Å². The molecule has 1 aromatic heterocycles. The van der Waals surface area contributed by atoms with Gasteiger partial charge in [-0.2, -0.15) is 4.98 Å². The lowest BCUT2D eigenvalue weighted by Crippen LogP contribution is -2.58. The number of hydrogen-bond acceptors (Lipinski definition) is 8. The number of methoxy groups -OCH3 is 1. The van der Waals surface area contributed by atoms with Crippen molar-refractivity contribution in [3.63, 3.8) is 0 Å². The summed E-state index contributed by atoms with van der Waals surface area (Å²) in [4.78, 5) is 48.2. The second kappa shape index (κ2) is 14.3. The van der Waals surface area contributed by atoms with Gasteiger partial charge in [0.2, 0.25) is 5.91 Å². The predicted molar refractivity (Wildman–Crippen MR) is 172 cm³/mol. The predicted octanol–water partition coefficient (Wildman–Crippen LogP) is 2.56. The lowest BCUT2D eigenvalue weighted by molar-refractivity contribution is -0.137. The number of halogens is 1. The van der Waals surface area contributed by atoms with Crippen LogP contribution >= 0.6 is 12.4 Å². The van der Waals surface area contributed by atoms with Gasteiger partial charge in [0.05, 0.1) is 18.3 Å². The Balaban J connectivity index is 0.00000442. The van der Waals surface area contributed by atoms with E-state index in [-0.39, 0.29) is 30.2 Å². The normalized spacial score (nSPS) is 20.7. The fraction of sp³-hybridized carbons (Fsp3) is 0.613. The van der Waals surface area contributed by atoms with Crippen molar-refractivity contribution in [3.8, 4) is 11.4 Å². The van der Waals surface area contributed by atoms with Gasteiger partial charge >= 0.3 is 11.7 Å². The van der Waals surface area contributed by atoms with E-state index in [1.54, 1.807) is 43.0 Å². The molecule has 2 saturated carbocycles. The number of amides is 3. The van der Waals surface area contributed by atoms with Crippen LogP contribution in [-0.4, -0.2) is 93.6 Å². The second-order valence-electron chi connectivity index (χ2n) is 12.8. The van der Waals surface area contributed by atoms with Crippen LogP contribution in [0.5, 0.6) is 5.75 Å². The number of benzene rings is 1. The molecule has 3 aliphatic rings. The Morgan fingerprint density at radius 1 is 1.05 bits per heavy atom. The molecule has 0 radical (unpaired) electrons. The molecule has 2 heterocycles. The molecule has 12 nitrogen and oxygen atoms in total. The highest BCUT2D eigenvalue weighted by molar-refractivity contribution is 5.89. The Bertz CT molecular complexity index is 1360. The summed E-state index contributed by atoms with van der Waals surface area (Å²) in [5.41, 5.74) is 12.4. The minimum Gasteiger partial charge on any atom is -0.496 e. The van der Waals surface area contributed by atoms with E-state index in [0.717, 1.165) is 56.0 Å². The summed E-state index contributed by atoms with van der Waals surface area (Å²) in [7, 11) is 1.65. The van der Waals surface area contributed by atoms with Crippen molar-refractivity contribution in [1.29, 1.82) is 0 Å². The molecule has 5 rings (SSSR count). The highest BCUT2D eigenvalue weighted by Gasteiger charge is 2.32. The van der Waals surface area contributed by atoms with Crippen LogP contribution < -0.4 is 27.2 Å². The first kappa shape index (κ1) is 33.7. The minimum absolute atomic E-state index is 0. The summed E-state index contributed by atoms with van der Waals surface area (Å²) >= 11 is 0. The first-order valence-electron chi connectivity index (χ1n) is 15.4. The van der Waals surface area contributed by atoms with Crippen LogP contribution in [0.2, 0.25) is 0 Å². The molecule has 3 amide bonds. The maximum atomic E-state index is 13.0. The molecule has 0 unspecified atom stereocenters. The number of anilines is 1. The molecule has 3 fully saturated rings. The first-order chi connectivity index (χ1) is 20.5. The molecule has 2 aromatic rings. The Hall–Kier alpha value is -3.19. The number of hydrogen-bond donors (Lipinski definition) is 3. The third-order valence-electron chi connectivity index (χ3n) is 8.81. The lowest BCUT2D eigenvalue weighted by Gasteiger charge is -2.37. The number of carbonyl (C=O) groups excluding carboxylic acids is 2. The number of aromatic nitrogens is 2. The van der Waals surface area contributed by atoms with Crippen molar-refractivity contribution in [2.45, 2.75) is 76.5 Å². The van der Waals surface area contributed by atoms with Crippen molar-refractivity contribution >= 4 is 30.2 Å². The number of ether oxygens (including phenoxy) is 1. The van der Waals surface area contributed by atoms with Gasteiger partial charge < -0.3 is 26.0 Å². The van der Waals surface area contributed by atoms with Gasteiger partial charge in [0.25, 0.3) is 0 Å². The number of nitrogens with zero attached hydrogens (tertiary/aromatic N) is 5. The quantitative estimate of drug-likeness (QED) is 0.382. The Kier molecular flexibility index (Phi) is 10.9. The van der Waals surface area contributed by atoms with E-state index < -0.39 is 11.2 Å². The number of rotatable bonds is 9. The van der Waals surface area contributed by atoms with E-state index in [4.69, 9.17) is 16.2 Å². The average Bonchev–Trinajstić information content (AvgIpc) is 3.81. The van der Waals surface area contributed by atoms with Crippen molar-refractivity contribution in [2.75, 3.05) is 45.2 Å². The number of urea groups is 1. The monoisotopic (exact) mass is 630 g/mol. The summed E-state index contributed by atoms with van der Waals surface area (Å²) in [6, 6.07) is 7.88. The van der Waals surface area contributed by atoms with Crippen LogP contribution in [0.25, 0.3) is 5.69 Å². The van der Waals surface area contributed by atoms with E-state index in [1.165, 1.54) is 17.4 Å².